The number of aromatic nitrogens is 1. The second-order valence-electron chi connectivity index (χ2n) is 6.31. The second kappa shape index (κ2) is 9.93. The van der Waals surface area contributed by atoms with Crippen molar-refractivity contribution in [3.63, 3.8) is 0 Å². The van der Waals surface area contributed by atoms with E-state index in [0.717, 1.165) is 27.4 Å². The van der Waals surface area contributed by atoms with Crippen LogP contribution in [0.5, 0.6) is 17.2 Å². The van der Waals surface area contributed by atoms with Crippen LogP contribution in [0.3, 0.4) is 0 Å². The van der Waals surface area contributed by atoms with Crippen molar-refractivity contribution in [3.05, 3.63) is 59.0 Å². The lowest BCUT2D eigenvalue weighted by Gasteiger charge is -2.07. The highest BCUT2D eigenvalue weighted by molar-refractivity contribution is 7.16. The van der Waals surface area contributed by atoms with Gasteiger partial charge in [0.05, 0.1) is 26.5 Å². The standard InChI is InChI=1S/C23H24N2O4S/c1-5-29-18-9-6-16(7-10-18)22-15(2)30-23(25-22)24-21(26)13-8-17-14-19(27-3)11-12-20(17)28-4/h6-14H,5H2,1-4H3,(H,24,25,26). The van der Waals surface area contributed by atoms with Crippen LogP contribution in [-0.2, 0) is 4.79 Å². The van der Waals surface area contributed by atoms with E-state index >= 15 is 0 Å². The first kappa shape index (κ1) is 21.4. The number of thiazole rings is 1. The van der Waals surface area contributed by atoms with Gasteiger partial charge in [-0.15, -0.1) is 11.3 Å². The van der Waals surface area contributed by atoms with Gasteiger partial charge in [-0.05, 0) is 62.4 Å². The molecule has 0 radical (unpaired) electrons. The molecule has 1 aromatic heterocycles. The molecule has 7 heteroatoms. The molecule has 0 fully saturated rings. The maximum atomic E-state index is 12.4. The molecule has 30 heavy (non-hydrogen) atoms. The molecule has 0 atom stereocenters. The van der Waals surface area contributed by atoms with Crippen LogP contribution in [0.1, 0.15) is 17.4 Å². The number of nitrogens with one attached hydrogen (secondary N) is 1. The quantitative estimate of drug-likeness (QED) is 0.504. The molecule has 0 aliphatic carbocycles. The van der Waals surface area contributed by atoms with Gasteiger partial charge in [0.1, 0.15) is 17.2 Å². The molecule has 2 aromatic carbocycles. The van der Waals surface area contributed by atoms with E-state index in [1.165, 1.54) is 17.4 Å². The zero-order valence-corrected chi connectivity index (χ0v) is 18.2. The summed E-state index contributed by atoms with van der Waals surface area (Å²) in [5, 5.41) is 3.37. The highest BCUT2D eigenvalue weighted by atomic mass is 32.1. The van der Waals surface area contributed by atoms with Crippen molar-refractivity contribution in [2.24, 2.45) is 0 Å². The molecule has 0 spiro atoms. The van der Waals surface area contributed by atoms with Crippen LogP contribution in [0.25, 0.3) is 17.3 Å². The molecule has 0 aliphatic rings. The number of benzene rings is 2. The summed E-state index contributed by atoms with van der Waals surface area (Å²) in [5.41, 5.74) is 2.57. The SMILES string of the molecule is CCOc1ccc(-c2nc(NC(=O)C=Cc3cc(OC)ccc3OC)sc2C)cc1. The highest BCUT2D eigenvalue weighted by Gasteiger charge is 2.12. The lowest BCUT2D eigenvalue weighted by Crippen LogP contribution is -2.07. The summed E-state index contributed by atoms with van der Waals surface area (Å²) >= 11 is 1.43. The minimum absolute atomic E-state index is 0.271. The van der Waals surface area contributed by atoms with Crippen LogP contribution < -0.4 is 19.5 Å². The number of hydrogen-bond donors (Lipinski definition) is 1. The average molecular weight is 425 g/mol. The van der Waals surface area contributed by atoms with Crippen LogP contribution >= 0.6 is 11.3 Å². The molecular weight excluding hydrogens is 400 g/mol. The molecule has 1 N–H and O–H groups in total. The summed E-state index contributed by atoms with van der Waals surface area (Å²) in [4.78, 5) is 18.0. The zero-order chi connectivity index (χ0) is 21.5. The fourth-order valence-corrected chi connectivity index (χ4v) is 3.71. The van der Waals surface area contributed by atoms with E-state index in [1.807, 2.05) is 38.1 Å². The monoisotopic (exact) mass is 424 g/mol. The van der Waals surface area contributed by atoms with Gasteiger partial charge in [0.15, 0.2) is 5.13 Å². The molecule has 0 aliphatic heterocycles. The van der Waals surface area contributed by atoms with E-state index in [2.05, 4.69) is 10.3 Å². The fourth-order valence-electron chi connectivity index (χ4n) is 2.88. The van der Waals surface area contributed by atoms with Gasteiger partial charge in [-0.3, -0.25) is 10.1 Å². The van der Waals surface area contributed by atoms with Gasteiger partial charge in [-0.2, -0.15) is 0 Å². The second-order valence-corrected chi connectivity index (χ2v) is 7.51. The van der Waals surface area contributed by atoms with E-state index in [0.29, 0.717) is 23.2 Å². The smallest absolute Gasteiger partial charge is 0.250 e. The van der Waals surface area contributed by atoms with E-state index in [9.17, 15) is 4.79 Å². The van der Waals surface area contributed by atoms with Gasteiger partial charge in [0.2, 0.25) is 5.91 Å². The molecular formula is C23H24N2O4S. The number of carbonyl (C=O) groups excluding carboxylic acids is 1. The topological polar surface area (TPSA) is 69.7 Å². The van der Waals surface area contributed by atoms with Gasteiger partial charge in [-0.1, -0.05) is 0 Å². The summed E-state index contributed by atoms with van der Waals surface area (Å²) in [5.74, 6) is 1.89. The zero-order valence-electron chi connectivity index (χ0n) is 17.4. The molecule has 0 unspecified atom stereocenters. The third-order valence-corrected chi connectivity index (χ3v) is 5.20. The van der Waals surface area contributed by atoms with Crippen LogP contribution in [0.15, 0.2) is 48.5 Å². The third-order valence-electron chi connectivity index (χ3n) is 4.32. The number of nitrogens with zero attached hydrogens (tertiary/aromatic N) is 1. The van der Waals surface area contributed by atoms with Crippen molar-refractivity contribution >= 4 is 28.5 Å². The number of amides is 1. The molecule has 1 heterocycles. The van der Waals surface area contributed by atoms with Gasteiger partial charge in [0, 0.05) is 22.1 Å². The first-order valence-corrected chi connectivity index (χ1v) is 10.3. The van der Waals surface area contributed by atoms with Gasteiger partial charge < -0.3 is 14.2 Å². The number of anilines is 1. The Kier molecular flexibility index (Phi) is 7.08. The number of methoxy groups -OCH3 is 2. The van der Waals surface area contributed by atoms with Crippen molar-refractivity contribution in [1.29, 1.82) is 0 Å². The number of hydrogen-bond acceptors (Lipinski definition) is 6. The number of rotatable bonds is 8. The van der Waals surface area contributed by atoms with Crippen molar-refractivity contribution < 1.29 is 19.0 Å². The molecule has 0 bridgehead atoms. The van der Waals surface area contributed by atoms with Crippen LogP contribution in [-0.4, -0.2) is 31.7 Å². The summed E-state index contributed by atoms with van der Waals surface area (Å²) in [6.07, 6.45) is 3.13. The summed E-state index contributed by atoms with van der Waals surface area (Å²) < 4.78 is 16.0. The Labute approximate surface area is 180 Å². The summed E-state index contributed by atoms with van der Waals surface area (Å²) in [7, 11) is 3.18. The Morgan fingerprint density at radius 3 is 2.50 bits per heavy atom. The van der Waals surface area contributed by atoms with E-state index in [-0.39, 0.29) is 5.91 Å². The normalized spacial score (nSPS) is 10.8. The van der Waals surface area contributed by atoms with Crippen molar-refractivity contribution in [2.75, 3.05) is 26.1 Å². The van der Waals surface area contributed by atoms with E-state index in [1.54, 1.807) is 38.5 Å². The first-order valence-electron chi connectivity index (χ1n) is 9.45. The summed E-state index contributed by atoms with van der Waals surface area (Å²) in [6.45, 7) is 4.56. The Balaban J connectivity index is 1.72. The fraction of sp³-hybridized carbons (Fsp3) is 0.217. The van der Waals surface area contributed by atoms with Crippen molar-refractivity contribution in [3.8, 4) is 28.5 Å². The largest absolute Gasteiger partial charge is 0.497 e. The third kappa shape index (κ3) is 5.18. The van der Waals surface area contributed by atoms with Crippen molar-refractivity contribution in [1.82, 2.24) is 4.98 Å². The van der Waals surface area contributed by atoms with Crippen LogP contribution in [0.2, 0.25) is 0 Å². The summed E-state index contributed by atoms with van der Waals surface area (Å²) in [6, 6.07) is 13.2. The number of ether oxygens (including phenoxy) is 3. The van der Waals surface area contributed by atoms with Gasteiger partial charge in [0.25, 0.3) is 0 Å². The lowest BCUT2D eigenvalue weighted by atomic mass is 10.1. The number of aryl methyl sites for hydroxylation is 1. The molecule has 6 nitrogen and oxygen atoms in total. The molecule has 0 saturated heterocycles. The Hall–Kier alpha value is -3.32. The minimum Gasteiger partial charge on any atom is -0.497 e. The molecule has 156 valence electrons. The Morgan fingerprint density at radius 1 is 1.10 bits per heavy atom. The van der Waals surface area contributed by atoms with Gasteiger partial charge in [-0.25, -0.2) is 4.98 Å². The maximum Gasteiger partial charge on any atom is 0.250 e. The van der Waals surface area contributed by atoms with Crippen LogP contribution in [0, 0.1) is 6.92 Å². The van der Waals surface area contributed by atoms with E-state index < -0.39 is 0 Å². The number of carbonyl (C=O) groups is 1. The minimum atomic E-state index is -0.271. The van der Waals surface area contributed by atoms with Gasteiger partial charge >= 0.3 is 0 Å². The highest BCUT2D eigenvalue weighted by Crippen LogP contribution is 2.31. The Morgan fingerprint density at radius 2 is 1.83 bits per heavy atom. The molecule has 0 saturated carbocycles. The first-order chi connectivity index (χ1) is 14.5. The van der Waals surface area contributed by atoms with Crippen molar-refractivity contribution in [2.45, 2.75) is 13.8 Å². The average Bonchev–Trinajstić information content (AvgIpc) is 3.12. The van der Waals surface area contributed by atoms with E-state index in [4.69, 9.17) is 14.2 Å². The lowest BCUT2D eigenvalue weighted by molar-refractivity contribution is -0.111. The predicted molar refractivity (Wildman–Crippen MR) is 121 cm³/mol. The predicted octanol–water partition coefficient (Wildman–Crippen LogP) is 5.19. The molecule has 1 amide bonds. The molecule has 3 aromatic rings. The maximum absolute atomic E-state index is 12.4. The molecule has 3 rings (SSSR count). The Bertz CT molecular complexity index is 1040. The van der Waals surface area contributed by atoms with Crippen LogP contribution in [0.4, 0.5) is 5.13 Å².